The van der Waals surface area contributed by atoms with E-state index < -0.39 is 5.97 Å². The minimum absolute atomic E-state index is 0.0614. The lowest BCUT2D eigenvalue weighted by atomic mass is 9.93. The lowest BCUT2D eigenvalue weighted by Crippen LogP contribution is -2.34. The van der Waals surface area contributed by atoms with E-state index in [1.54, 1.807) is 29.2 Å². The average molecular weight is 591 g/mol. The van der Waals surface area contributed by atoms with E-state index >= 15 is 0 Å². The molecule has 0 saturated heterocycles. The number of carbonyl (C=O) groups excluding carboxylic acids is 2. The summed E-state index contributed by atoms with van der Waals surface area (Å²) >= 11 is 3.53. The van der Waals surface area contributed by atoms with E-state index in [1.807, 2.05) is 37.3 Å². The molecule has 0 aromatic heterocycles. The van der Waals surface area contributed by atoms with Crippen molar-refractivity contribution in [2.24, 2.45) is 0 Å². The zero-order chi connectivity index (χ0) is 27.8. The summed E-state index contributed by atoms with van der Waals surface area (Å²) in [7, 11) is 0. The molecule has 1 aliphatic carbocycles. The summed E-state index contributed by atoms with van der Waals surface area (Å²) in [5.41, 5.74) is 6.31. The van der Waals surface area contributed by atoms with Crippen LogP contribution in [0.3, 0.4) is 0 Å². The third-order valence-corrected chi connectivity index (χ3v) is 7.54. The molecule has 202 valence electrons. The van der Waals surface area contributed by atoms with Crippen LogP contribution in [-0.4, -0.2) is 29.6 Å². The van der Waals surface area contributed by atoms with Gasteiger partial charge in [0, 0.05) is 28.0 Å². The molecular weight excluding hydrogens is 558 g/mol. The van der Waals surface area contributed by atoms with E-state index in [-0.39, 0.29) is 24.9 Å². The van der Waals surface area contributed by atoms with Crippen molar-refractivity contribution < 1.29 is 19.5 Å². The van der Waals surface area contributed by atoms with Crippen molar-refractivity contribution in [3.8, 4) is 0 Å². The third kappa shape index (κ3) is 7.80. The van der Waals surface area contributed by atoms with Crippen molar-refractivity contribution >= 4 is 50.8 Å². The molecule has 0 atom stereocenters. The number of urea groups is 1. The van der Waals surface area contributed by atoms with Gasteiger partial charge in [0.05, 0.1) is 13.0 Å². The van der Waals surface area contributed by atoms with Crippen molar-refractivity contribution in [2.45, 2.75) is 45.6 Å². The summed E-state index contributed by atoms with van der Waals surface area (Å²) in [5, 5.41) is 14.4. The highest BCUT2D eigenvalue weighted by Gasteiger charge is 2.18. The summed E-state index contributed by atoms with van der Waals surface area (Å²) < 4.78 is 0.911. The Morgan fingerprint density at radius 2 is 1.72 bits per heavy atom. The molecule has 8 heteroatoms. The van der Waals surface area contributed by atoms with Gasteiger partial charge >= 0.3 is 12.0 Å². The molecule has 0 bridgehead atoms. The van der Waals surface area contributed by atoms with Crippen molar-refractivity contribution in [2.75, 3.05) is 16.8 Å². The Balaban J connectivity index is 1.54. The molecular formula is C31H32BrN3O4. The van der Waals surface area contributed by atoms with E-state index in [1.165, 1.54) is 24.0 Å². The molecule has 39 heavy (non-hydrogen) atoms. The van der Waals surface area contributed by atoms with Gasteiger partial charge in [-0.05, 0) is 91.3 Å². The first-order valence-electron chi connectivity index (χ1n) is 13.0. The predicted octanol–water partition coefficient (Wildman–Crippen LogP) is 7.16. The van der Waals surface area contributed by atoms with E-state index in [4.69, 9.17) is 5.11 Å². The first-order valence-corrected chi connectivity index (χ1v) is 13.8. The van der Waals surface area contributed by atoms with Crippen LogP contribution in [0.5, 0.6) is 0 Å². The van der Waals surface area contributed by atoms with Crippen LogP contribution in [0.1, 0.15) is 59.2 Å². The summed E-state index contributed by atoms with van der Waals surface area (Å²) in [5.74, 6) is -1.31. The maximum Gasteiger partial charge on any atom is 0.326 e. The monoisotopic (exact) mass is 589 g/mol. The fraction of sp³-hybridized carbons (Fsp3) is 0.258. The molecule has 3 amide bonds. The van der Waals surface area contributed by atoms with Gasteiger partial charge in [-0.3, -0.25) is 14.5 Å². The highest BCUT2D eigenvalue weighted by Crippen LogP contribution is 2.29. The Hall–Kier alpha value is -3.91. The standard InChI is InChI=1S/C31H32BrN3O4/c1-21-7-14-26(19-28(21)32)34-31(39)35(27-15-12-24(13-16-27)23-5-3-2-4-6-23)20-22-8-10-25(11-9-22)30(38)33-18-17-29(36)37/h5,7-16,19H,2-4,6,17-18,20H2,1H3,(H,33,38)(H,34,39)(H,36,37). The van der Waals surface area contributed by atoms with Gasteiger partial charge in [-0.15, -0.1) is 0 Å². The second kappa shape index (κ2) is 13.2. The Morgan fingerprint density at radius 3 is 2.36 bits per heavy atom. The number of nitrogens with zero attached hydrogens (tertiary/aromatic N) is 1. The Labute approximate surface area is 237 Å². The molecule has 0 unspecified atom stereocenters. The van der Waals surface area contributed by atoms with Crippen LogP contribution < -0.4 is 15.5 Å². The van der Waals surface area contributed by atoms with Crippen LogP contribution in [-0.2, 0) is 11.3 Å². The number of hydrogen-bond donors (Lipinski definition) is 3. The van der Waals surface area contributed by atoms with Gasteiger partial charge in [0.25, 0.3) is 5.91 Å². The third-order valence-electron chi connectivity index (χ3n) is 6.69. The number of carboxylic acids is 1. The number of carbonyl (C=O) groups is 3. The largest absolute Gasteiger partial charge is 0.481 e. The number of amides is 3. The number of halogens is 1. The predicted molar refractivity (Wildman–Crippen MR) is 158 cm³/mol. The van der Waals surface area contributed by atoms with Gasteiger partial charge < -0.3 is 15.7 Å². The smallest absolute Gasteiger partial charge is 0.326 e. The van der Waals surface area contributed by atoms with Gasteiger partial charge in [-0.2, -0.15) is 0 Å². The van der Waals surface area contributed by atoms with Gasteiger partial charge in [-0.1, -0.05) is 52.3 Å². The number of anilines is 2. The molecule has 0 saturated carbocycles. The molecule has 0 heterocycles. The van der Waals surface area contributed by atoms with Crippen LogP contribution in [0.25, 0.3) is 5.57 Å². The quantitative estimate of drug-likeness (QED) is 0.246. The first kappa shape index (κ1) is 28.1. The number of aryl methyl sites for hydroxylation is 1. The molecule has 4 rings (SSSR count). The van der Waals surface area contributed by atoms with E-state index in [9.17, 15) is 14.4 Å². The van der Waals surface area contributed by atoms with Crippen LogP contribution in [0.2, 0.25) is 0 Å². The second-order valence-corrected chi connectivity index (χ2v) is 10.5. The van der Waals surface area contributed by atoms with Crippen LogP contribution in [0.15, 0.2) is 77.3 Å². The zero-order valence-corrected chi connectivity index (χ0v) is 23.5. The fourth-order valence-electron chi connectivity index (χ4n) is 4.43. The molecule has 0 aliphatic heterocycles. The van der Waals surface area contributed by atoms with Crippen LogP contribution >= 0.6 is 15.9 Å². The van der Waals surface area contributed by atoms with Gasteiger partial charge in [0.15, 0.2) is 0 Å². The van der Waals surface area contributed by atoms with Crippen molar-refractivity contribution in [3.05, 3.63) is 99.5 Å². The molecule has 3 aromatic carbocycles. The number of nitrogens with one attached hydrogen (secondary N) is 2. The number of benzene rings is 3. The molecule has 0 radical (unpaired) electrons. The van der Waals surface area contributed by atoms with Crippen molar-refractivity contribution in [1.29, 1.82) is 0 Å². The highest BCUT2D eigenvalue weighted by molar-refractivity contribution is 9.10. The summed E-state index contributed by atoms with van der Waals surface area (Å²) in [4.78, 5) is 38.2. The van der Waals surface area contributed by atoms with E-state index in [0.29, 0.717) is 17.8 Å². The maximum absolute atomic E-state index is 13.5. The number of aliphatic carboxylic acids is 1. The summed E-state index contributed by atoms with van der Waals surface area (Å²) in [6, 6.07) is 20.5. The van der Waals surface area contributed by atoms with E-state index in [0.717, 1.165) is 34.1 Å². The van der Waals surface area contributed by atoms with Gasteiger partial charge in [0.1, 0.15) is 0 Å². The first-order chi connectivity index (χ1) is 18.8. The lowest BCUT2D eigenvalue weighted by molar-refractivity contribution is -0.136. The molecule has 3 aromatic rings. The molecule has 7 nitrogen and oxygen atoms in total. The Kier molecular flexibility index (Phi) is 9.54. The Bertz CT molecular complexity index is 1370. The number of rotatable bonds is 9. The fourth-order valence-corrected chi connectivity index (χ4v) is 4.81. The summed E-state index contributed by atoms with van der Waals surface area (Å²) in [6.07, 6.45) is 6.77. The van der Waals surface area contributed by atoms with Gasteiger partial charge in [-0.25, -0.2) is 4.79 Å². The minimum Gasteiger partial charge on any atom is -0.481 e. The number of carboxylic acid groups (broad SMARTS) is 1. The number of allylic oxidation sites excluding steroid dienone is 2. The summed E-state index contributed by atoms with van der Waals surface area (Å²) in [6.45, 7) is 2.34. The highest BCUT2D eigenvalue weighted by atomic mass is 79.9. The molecule has 0 spiro atoms. The minimum atomic E-state index is -0.967. The van der Waals surface area contributed by atoms with Gasteiger partial charge in [0.2, 0.25) is 0 Å². The van der Waals surface area contributed by atoms with Crippen molar-refractivity contribution in [3.63, 3.8) is 0 Å². The van der Waals surface area contributed by atoms with Crippen LogP contribution in [0.4, 0.5) is 16.2 Å². The average Bonchev–Trinajstić information content (AvgIpc) is 2.94. The molecule has 1 aliphatic rings. The SMILES string of the molecule is Cc1ccc(NC(=O)N(Cc2ccc(C(=O)NCCC(=O)O)cc2)c2ccc(C3=CCCCC3)cc2)cc1Br. The zero-order valence-electron chi connectivity index (χ0n) is 21.9. The molecule has 3 N–H and O–H groups in total. The lowest BCUT2D eigenvalue weighted by Gasteiger charge is -2.24. The molecule has 0 fully saturated rings. The van der Waals surface area contributed by atoms with Crippen molar-refractivity contribution in [1.82, 2.24) is 5.32 Å². The van der Waals surface area contributed by atoms with Crippen LogP contribution in [0, 0.1) is 6.92 Å². The second-order valence-electron chi connectivity index (χ2n) is 9.60. The topological polar surface area (TPSA) is 98.7 Å². The number of hydrogen-bond acceptors (Lipinski definition) is 3. The normalized spacial score (nSPS) is 12.8. The van der Waals surface area contributed by atoms with E-state index in [2.05, 4.69) is 44.8 Å². The Morgan fingerprint density at radius 1 is 0.974 bits per heavy atom. The maximum atomic E-state index is 13.5.